The van der Waals surface area contributed by atoms with E-state index in [4.69, 9.17) is 27.4 Å². The second-order valence-electron chi connectivity index (χ2n) is 4.05. The normalized spacial score (nSPS) is 11.4. The van der Waals surface area contributed by atoms with Crippen LogP contribution in [0.2, 0.25) is 10.0 Å². The molecule has 0 amide bonds. The van der Waals surface area contributed by atoms with E-state index >= 15 is 0 Å². The van der Waals surface area contributed by atoms with E-state index < -0.39 is 15.9 Å². The molecule has 0 bridgehead atoms. The lowest BCUT2D eigenvalue weighted by Gasteiger charge is -2.10. The molecule has 0 unspecified atom stereocenters. The molecule has 0 heterocycles. The second kappa shape index (κ2) is 5.60. The number of rotatable bonds is 3. The molecule has 7 heteroatoms. The number of halogens is 3. The zero-order chi connectivity index (χ0) is 14.9. The fraction of sp³-hybridized carbons (Fsp3) is 0.0769. The summed E-state index contributed by atoms with van der Waals surface area (Å²) in [6, 6.07) is 7.58. The van der Waals surface area contributed by atoms with Gasteiger partial charge in [-0.05, 0) is 42.8 Å². The molecule has 0 N–H and O–H groups in total. The molecule has 2 aromatic carbocycles. The highest BCUT2D eigenvalue weighted by Crippen LogP contribution is 2.30. The lowest BCUT2D eigenvalue weighted by atomic mass is 10.2. The number of hydrogen-bond donors (Lipinski definition) is 0. The fourth-order valence-electron chi connectivity index (χ4n) is 1.51. The SMILES string of the molecule is Cc1ccc(S(=O)(=O)Oc2ccc(F)cc2Cl)c(Cl)c1. The fourth-order valence-corrected chi connectivity index (χ4v) is 3.29. The highest BCUT2D eigenvalue weighted by molar-refractivity contribution is 7.87. The summed E-state index contributed by atoms with van der Waals surface area (Å²) < 4.78 is 42.0. The van der Waals surface area contributed by atoms with Gasteiger partial charge in [0.2, 0.25) is 0 Å². The monoisotopic (exact) mass is 334 g/mol. The summed E-state index contributed by atoms with van der Waals surface area (Å²) in [4.78, 5) is -0.176. The quantitative estimate of drug-likeness (QED) is 0.789. The summed E-state index contributed by atoms with van der Waals surface area (Å²) >= 11 is 11.6. The zero-order valence-corrected chi connectivity index (χ0v) is 12.6. The molecular weight excluding hydrogens is 326 g/mol. The van der Waals surface area contributed by atoms with Gasteiger partial charge in [-0.3, -0.25) is 0 Å². The first-order valence-corrected chi connectivity index (χ1v) is 7.62. The molecule has 0 spiro atoms. The molecule has 2 rings (SSSR count). The van der Waals surface area contributed by atoms with Crippen LogP contribution in [-0.4, -0.2) is 8.42 Å². The Morgan fingerprint density at radius 2 is 1.75 bits per heavy atom. The molecule has 3 nitrogen and oxygen atoms in total. The summed E-state index contributed by atoms with van der Waals surface area (Å²) in [5.74, 6) is -0.752. The van der Waals surface area contributed by atoms with Crippen LogP contribution in [0.1, 0.15) is 5.56 Å². The third kappa shape index (κ3) is 3.23. The molecule has 2 aromatic rings. The van der Waals surface area contributed by atoms with Gasteiger partial charge >= 0.3 is 10.1 Å². The minimum absolute atomic E-state index is 0.0447. The van der Waals surface area contributed by atoms with Crippen LogP contribution in [0.5, 0.6) is 5.75 Å². The molecule has 0 aliphatic heterocycles. The van der Waals surface area contributed by atoms with Gasteiger partial charge in [-0.15, -0.1) is 0 Å². The Bertz CT molecular complexity index is 760. The summed E-state index contributed by atoms with van der Waals surface area (Å²) in [5, 5.41) is -0.0972. The van der Waals surface area contributed by atoms with Crippen LogP contribution in [0.4, 0.5) is 4.39 Å². The van der Waals surface area contributed by atoms with Crippen LogP contribution in [0.3, 0.4) is 0 Å². The first kappa shape index (κ1) is 15.1. The Morgan fingerprint density at radius 3 is 2.35 bits per heavy atom. The Balaban J connectivity index is 2.41. The lowest BCUT2D eigenvalue weighted by Crippen LogP contribution is -2.10. The summed E-state index contributed by atoms with van der Waals surface area (Å²) in [7, 11) is -4.13. The van der Waals surface area contributed by atoms with E-state index in [2.05, 4.69) is 0 Å². The minimum Gasteiger partial charge on any atom is -0.377 e. The van der Waals surface area contributed by atoms with E-state index in [0.29, 0.717) is 0 Å². The van der Waals surface area contributed by atoms with Crippen molar-refractivity contribution in [1.82, 2.24) is 0 Å². The minimum atomic E-state index is -4.13. The van der Waals surface area contributed by atoms with Crippen LogP contribution >= 0.6 is 23.2 Å². The van der Waals surface area contributed by atoms with Gasteiger partial charge in [0.05, 0.1) is 10.0 Å². The van der Waals surface area contributed by atoms with Gasteiger partial charge in [-0.2, -0.15) is 8.42 Å². The Morgan fingerprint density at radius 1 is 1.05 bits per heavy atom. The van der Waals surface area contributed by atoms with Crippen molar-refractivity contribution in [3.63, 3.8) is 0 Å². The predicted molar refractivity (Wildman–Crippen MR) is 75.4 cm³/mol. The van der Waals surface area contributed by atoms with Crippen LogP contribution in [-0.2, 0) is 10.1 Å². The van der Waals surface area contributed by atoms with Crippen LogP contribution in [0.25, 0.3) is 0 Å². The van der Waals surface area contributed by atoms with E-state index in [0.717, 1.165) is 23.8 Å². The van der Waals surface area contributed by atoms with Gasteiger partial charge in [-0.25, -0.2) is 4.39 Å². The topological polar surface area (TPSA) is 43.4 Å². The highest BCUT2D eigenvalue weighted by Gasteiger charge is 2.21. The van der Waals surface area contributed by atoms with Crippen molar-refractivity contribution in [2.24, 2.45) is 0 Å². The van der Waals surface area contributed by atoms with Crippen LogP contribution in [0, 0.1) is 12.7 Å². The highest BCUT2D eigenvalue weighted by atomic mass is 35.5. The average Bonchev–Trinajstić information content (AvgIpc) is 2.32. The smallest absolute Gasteiger partial charge is 0.340 e. The predicted octanol–water partition coefficient (Wildman–Crippen LogP) is 4.21. The first-order chi connectivity index (χ1) is 9.29. The maximum absolute atomic E-state index is 12.9. The van der Waals surface area contributed by atoms with Crippen molar-refractivity contribution >= 4 is 33.3 Å². The van der Waals surface area contributed by atoms with Crippen molar-refractivity contribution in [2.45, 2.75) is 11.8 Å². The Hall–Kier alpha value is -1.30. The lowest BCUT2D eigenvalue weighted by molar-refractivity contribution is 0.485. The van der Waals surface area contributed by atoms with Crippen molar-refractivity contribution in [3.05, 3.63) is 57.8 Å². The maximum Gasteiger partial charge on any atom is 0.340 e. The summed E-state index contributed by atoms with van der Waals surface area (Å²) in [6.07, 6.45) is 0. The van der Waals surface area contributed by atoms with Crippen molar-refractivity contribution in [2.75, 3.05) is 0 Å². The molecule has 0 aliphatic carbocycles. The maximum atomic E-state index is 12.9. The Labute approximate surface area is 126 Å². The Kier molecular flexibility index (Phi) is 4.22. The molecule has 0 atom stereocenters. The third-order valence-electron chi connectivity index (χ3n) is 2.45. The van der Waals surface area contributed by atoms with Gasteiger partial charge in [0.15, 0.2) is 5.75 Å². The number of benzene rings is 2. The van der Waals surface area contributed by atoms with Gasteiger partial charge < -0.3 is 4.18 Å². The molecule has 0 saturated heterocycles. The molecule has 20 heavy (non-hydrogen) atoms. The molecule has 0 fully saturated rings. The van der Waals surface area contributed by atoms with Crippen molar-refractivity contribution in [3.8, 4) is 5.75 Å². The van der Waals surface area contributed by atoms with Gasteiger partial charge in [0.1, 0.15) is 10.7 Å². The molecular formula is C13H9Cl2FO3S. The molecule has 0 saturated carbocycles. The molecule has 0 aliphatic rings. The van der Waals surface area contributed by atoms with E-state index in [1.54, 1.807) is 13.0 Å². The van der Waals surface area contributed by atoms with E-state index in [9.17, 15) is 12.8 Å². The number of aryl methyl sites for hydroxylation is 1. The summed E-state index contributed by atoms with van der Waals surface area (Å²) in [6.45, 7) is 1.78. The van der Waals surface area contributed by atoms with Gasteiger partial charge in [0.25, 0.3) is 0 Å². The first-order valence-electron chi connectivity index (χ1n) is 5.45. The van der Waals surface area contributed by atoms with Crippen molar-refractivity contribution in [1.29, 1.82) is 0 Å². The van der Waals surface area contributed by atoms with E-state index in [1.807, 2.05) is 0 Å². The molecule has 106 valence electrons. The standard InChI is InChI=1S/C13H9Cl2FO3S/c1-8-2-5-13(11(15)6-8)20(17,18)19-12-4-3-9(16)7-10(12)14/h2-7H,1H3. The molecule has 0 aromatic heterocycles. The van der Waals surface area contributed by atoms with E-state index in [1.165, 1.54) is 12.1 Å². The third-order valence-corrected chi connectivity index (χ3v) is 4.46. The molecule has 0 radical (unpaired) electrons. The van der Waals surface area contributed by atoms with E-state index in [-0.39, 0.29) is 20.7 Å². The van der Waals surface area contributed by atoms with Crippen LogP contribution in [0.15, 0.2) is 41.3 Å². The van der Waals surface area contributed by atoms with Crippen molar-refractivity contribution < 1.29 is 17.0 Å². The van der Waals surface area contributed by atoms with Crippen LogP contribution < -0.4 is 4.18 Å². The largest absolute Gasteiger partial charge is 0.377 e. The average molecular weight is 335 g/mol. The summed E-state index contributed by atoms with van der Waals surface area (Å²) in [5.41, 5.74) is 0.814. The van der Waals surface area contributed by atoms with Gasteiger partial charge in [0, 0.05) is 0 Å². The number of hydrogen-bond acceptors (Lipinski definition) is 3. The second-order valence-corrected chi connectivity index (χ2v) is 6.38. The van der Waals surface area contributed by atoms with Gasteiger partial charge in [-0.1, -0.05) is 29.3 Å². The zero-order valence-electron chi connectivity index (χ0n) is 10.2.